The van der Waals surface area contributed by atoms with E-state index in [2.05, 4.69) is 0 Å². The van der Waals surface area contributed by atoms with Gasteiger partial charge < -0.3 is 23.4 Å². The van der Waals surface area contributed by atoms with E-state index in [4.69, 9.17) is 23.4 Å². The topological polar surface area (TPSA) is 67.1 Å². The molecule has 112 valence electrons. The second-order valence-electron chi connectivity index (χ2n) is 4.46. The van der Waals surface area contributed by atoms with E-state index in [1.54, 1.807) is 12.1 Å². The van der Waals surface area contributed by atoms with Crippen molar-refractivity contribution in [2.24, 2.45) is 0 Å². The van der Waals surface area contributed by atoms with E-state index in [0.717, 1.165) is 0 Å². The van der Waals surface area contributed by atoms with Gasteiger partial charge in [0, 0.05) is 19.3 Å². The highest BCUT2D eigenvalue weighted by Gasteiger charge is 2.21. The Morgan fingerprint density at radius 3 is 2.48 bits per heavy atom. The van der Waals surface area contributed by atoms with E-state index in [1.807, 2.05) is 13.8 Å². The highest BCUT2D eigenvalue weighted by atomic mass is 16.7. The largest absolute Gasteiger partial charge is 0.463 e. The van der Waals surface area contributed by atoms with E-state index < -0.39 is 6.29 Å². The molecule has 0 spiro atoms. The Hall–Kier alpha value is -2.05. The normalized spacial score (nSPS) is 13.3. The molecule has 0 saturated carbocycles. The van der Waals surface area contributed by atoms with E-state index in [0.29, 0.717) is 41.2 Å². The monoisotopic (exact) mass is 292 g/mol. The van der Waals surface area contributed by atoms with Gasteiger partial charge in [-0.25, -0.2) is 0 Å². The van der Waals surface area contributed by atoms with Gasteiger partial charge in [0.2, 0.25) is 12.2 Å². The maximum Gasteiger partial charge on any atom is 0.231 e. The van der Waals surface area contributed by atoms with E-state index >= 15 is 0 Å². The van der Waals surface area contributed by atoms with Gasteiger partial charge in [-0.05, 0) is 19.9 Å². The van der Waals surface area contributed by atoms with Crippen molar-refractivity contribution in [2.75, 3.05) is 20.0 Å². The molecule has 0 amide bonds. The molecule has 3 rings (SSSR count). The fourth-order valence-corrected chi connectivity index (χ4v) is 2.23. The molecule has 0 unspecified atom stereocenters. The van der Waals surface area contributed by atoms with Crippen LogP contribution in [0.25, 0.3) is 11.0 Å². The molecule has 2 aromatic rings. The summed E-state index contributed by atoms with van der Waals surface area (Å²) in [6.45, 7) is 4.69. The maximum absolute atomic E-state index is 12.6. The van der Waals surface area contributed by atoms with Crippen molar-refractivity contribution < 1.29 is 23.4 Å². The van der Waals surface area contributed by atoms with Crippen molar-refractivity contribution >= 4 is 11.0 Å². The molecule has 6 nitrogen and oxygen atoms in total. The molecule has 0 aliphatic carbocycles. The molecule has 0 bridgehead atoms. The van der Waals surface area contributed by atoms with Crippen LogP contribution in [0.15, 0.2) is 27.6 Å². The minimum Gasteiger partial charge on any atom is -0.463 e. The van der Waals surface area contributed by atoms with Crippen LogP contribution in [-0.2, 0) is 9.47 Å². The minimum atomic E-state index is -0.730. The Morgan fingerprint density at radius 1 is 1.14 bits per heavy atom. The third kappa shape index (κ3) is 2.48. The lowest BCUT2D eigenvalue weighted by atomic mass is 10.1. The quantitative estimate of drug-likeness (QED) is 0.789. The molecular weight excluding hydrogens is 276 g/mol. The van der Waals surface area contributed by atoms with Gasteiger partial charge >= 0.3 is 0 Å². The zero-order valence-electron chi connectivity index (χ0n) is 11.9. The SMILES string of the molecule is CCOC(OCC)c1coc2cc3c(cc2c1=O)OCO3. The summed E-state index contributed by atoms with van der Waals surface area (Å²) in [5.74, 6) is 1.11. The smallest absolute Gasteiger partial charge is 0.231 e. The number of fused-ring (bicyclic) bond motifs is 2. The van der Waals surface area contributed by atoms with Crippen LogP contribution in [0.4, 0.5) is 0 Å². The maximum atomic E-state index is 12.6. The zero-order chi connectivity index (χ0) is 14.8. The lowest BCUT2D eigenvalue weighted by molar-refractivity contribution is -0.141. The first-order chi connectivity index (χ1) is 10.2. The summed E-state index contributed by atoms with van der Waals surface area (Å²) in [4.78, 5) is 12.6. The summed E-state index contributed by atoms with van der Waals surface area (Å²) >= 11 is 0. The summed E-state index contributed by atoms with van der Waals surface area (Å²) in [5, 5.41) is 0.418. The lowest BCUT2D eigenvalue weighted by Crippen LogP contribution is -2.18. The van der Waals surface area contributed by atoms with Crippen LogP contribution in [0, 0.1) is 0 Å². The molecule has 0 atom stereocenters. The minimum absolute atomic E-state index is 0.146. The van der Waals surface area contributed by atoms with Crippen molar-refractivity contribution in [3.8, 4) is 11.5 Å². The number of hydrogen-bond acceptors (Lipinski definition) is 6. The average Bonchev–Trinajstić information content (AvgIpc) is 2.93. The van der Waals surface area contributed by atoms with Crippen LogP contribution in [-0.4, -0.2) is 20.0 Å². The van der Waals surface area contributed by atoms with Crippen LogP contribution < -0.4 is 14.9 Å². The molecule has 1 aromatic heterocycles. The van der Waals surface area contributed by atoms with Crippen molar-refractivity contribution in [1.82, 2.24) is 0 Å². The summed E-state index contributed by atoms with van der Waals surface area (Å²) in [5.41, 5.74) is 0.589. The third-order valence-electron chi connectivity index (χ3n) is 3.18. The van der Waals surface area contributed by atoms with Gasteiger partial charge in [0.05, 0.1) is 10.9 Å². The number of rotatable bonds is 5. The standard InChI is InChI=1S/C15H16O6/c1-3-17-15(18-4-2)10-7-19-11-6-13-12(20-8-21-13)5-9(11)14(10)16/h5-7,15H,3-4,8H2,1-2H3. The number of hydrogen-bond donors (Lipinski definition) is 0. The van der Waals surface area contributed by atoms with Gasteiger partial charge in [-0.1, -0.05) is 0 Å². The van der Waals surface area contributed by atoms with Gasteiger partial charge in [-0.3, -0.25) is 4.79 Å². The van der Waals surface area contributed by atoms with Crippen LogP contribution in [0.3, 0.4) is 0 Å². The molecule has 0 radical (unpaired) electrons. The molecule has 1 aromatic carbocycles. The highest BCUT2D eigenvalue weighted by Crippen LogP contribution is 2.35. The Bertz CT molecular complexity index is 699. The van der Waals surface area contributed by atoms with Gasteiger partial charge in [0.15, 0.2) is 17.8 Å². The predicted octanol–water partition coefficient (Wildman–Crippen LogP) is 2.59. The Balaban J connectivity index is 2.10. The molecule has 0 saturated heterocycles. The third-order valence-corrected chi connectivity index (χ3v) is 3.18. The van der Waals surface area contributed by atoms with Crippen LogP contribution in [0.1, 0.15) is 25.7 Å². The fraction of sp³-hybridized carbons (Fsp3) is 0.400. The van der Waals surface area contributed by atoms with Crippen molar-refractivity contribution in [3.63, 3.8) is 0 Å². The number of ether oxygens (including phenoxy) is 4. The molecular formula is C15H16O6. The van der Waals surface area contributed by atoms with Crippen LogP contribution >= 0.6 is 0 Å². The lowest BCUT2D eigenvalue weighted by Gasteiger charge is -2.16. The highest BCUT2D eigenvalue weighted by molar-refractivity contribution is 5.81. The van der Waals surface area contributed by atoms with E-state index in [1.165, 1.54) is 6.26 Å². The van der Waals surface area contributed by atoms with E-state index in [-0.39, 0.29) is 12.2 Å². The van der Waals surface area contributed by atoms with Crippen molar-refractivity contribution in [2.45, 2.75) is 20.1 Å². The fourth-order valence-electron chi connectivity index (χ4n) is 2.23. The summed E-state index contributed by atoms with van der Waals surface area (Å²) in [6.07, 6.45) is 0.647. The first-order valence-electron chi connectivity index (χ1n) is 6.82. The molecule has 2 heterocycles. The van der Waals surface area contributed by atoms with Crippen LogP contribution in [0.5, 0.6) is 11.5 Å². The Morgan fingerprint density at radius 2 is 1.81 bits per heavy atom. The summed E-state index contributed by atoms with van der Waals surface area (Å²) in [6, 6.07) is 3.28. The van der Waals surface area contributed by atoms with Crippen LogP contribution in [0.2, 0.25) is 0 Å². The molecule has 0 fully saturated rings. The second-order valence-corrected chi connectivity index (χ2v) is 4.46. The number of benzene rings is 1. The van der Waals surface area contributed by atoms with Gasteiger partial charge in [0.25, 0.3) is 0 Å². The average molecular weight is 292 g/mol. The van der Waals surface area contributed by atoms with Crippen molar-refractivity contribution in [3.05, 3.63) is 34.2 Å². The van der Waals surface area contributed by atoms with Gasteiger partial charge in [0.1, 0.15) is 11.8 Å². The zero-order valence-corrected chi connectivity index (χ0v) is 11.9. The molecule has 21 heavy (non-hydrogen) atoms. The van der Waals surface area contributed by atoms with E-state index in [9.17, 15) is 4.79 Å². The first-order valence-corrected chi connectivity index (χ1v) is 6.82. The molecule has 0 N–H and O–H groups in total. The predicted molar refractivity (Wildman–Crippen MR) is 74.6 cm³/mol. The molecule has 1 aliphatic rings. The summed E-state index contributed by atoms with van der Waals surface area (Å²) < 4.78 is 27.0. The van der Waals surface area contributed by atoms with Crippen molar-refractivity contribution in [1.29, 1.82) is 0 Å². The Kier molecular flexibility index (Phi) is 3.81. The van der Waals surface area contributed by atoms with Gasteiger partial charge in [-0.2, -0.15) is 0 Å². The Labute approximate surface area is 121 Å². The summed E-state index contributed by atoms with van der Waals surface area (Å²) in [7, 11) is 0. The second kappa shape index (κ2) is 5.75. The first kappa shape index (κ1) is 13.9. The molecule has 6 heteroatoms. The molecule has 1 aliphatic heterocycles. The van der Waals surface area contributed by atoms with Gasteiger partial charge in [-0.15, -0.1) is 0 Å².